The Morgan fingerprint density at radius 3 is 2.55 bits per heavy atom. The molecule has 0 unspecified atom stereocenters. The highest BCUT2D eigenvalue weighted by Crippen LogP contribution is 2.33. The highest BCUT2D eigenvalue weighted by Gasteiger charge is 2.17. The first-order valence-corrected chi connectivity index (χ1v) is 7.44. The number of aldehydes is 1. The van der Waals surface area contributed by atoms with Crippen LogP contribution >= 0.6 is 0 Å². The minimum absolute atomic E-state index is 0.0566. The van der Waals surface area contributed by atoms with E-state index in [-0.39, 0.29) is 5.41 Å². The fourth-order valence-electron chi connectivity index (χ4n) is 2.62. The molecule has 3 rings (SSSR count). The number of rotatable bonds is 2. The maximum Gasteiger partial charge on any atom is 0.150 e. The minimum atomic E-state index is 0.0566. The SMILES string of the molecule is CC(C)(C)c1cc(-c2cccc(C=O)c2)c2ncccc2c1. The van der Waals surface area contributed by atoms with Crippen LogP contribution in [0.1, 0.15) is 36.7 Å². The van der Waals surface area contributed by atoms with Gasteiger partial charge in [-0.2, -0.15) is 0 Å². The second-order valence-corrected chi connectivity index (χ2v) is 6.59. The number of pyridine rings is 1. The monoisotopic (exact) mass is 289 g/mol. The van der Waals surface area contributed by atoms with E-state index in [1.165, 1.54) is 5.56 Å². The number of hydrogen-bond donors (Lipinski definition) is 0. The van der Waals surface area contributed by atoms with Gasteiger partial charge in [-0.3, -0.25) is 9.78 Å². The summed E-state index contributed by atoms with van der Waals surface area (Å²) >= 11 is 0. The summed E-state index contributed by atoms with van der Waals surface area (Å²) in [4.78, 5) is 15.6. The van der Waals surface area contributed by atoms with E-state index in [1.807, 2.05) is 36.5 Å². The highest BCUT2D eigenvalue weighted by molar-refractivity contribution is 5.95. The maximum atomic E-state index is 11.1. The molecule has 0 fully saturated rings. The van der Waals surface area contributed by atoms with Crippen LogP contribution in [0, 0.1) is 0 Å². The zero-order chi connectivity index (χ0) is 15.7. The maximum absolute atomic E-state index is 11.1. The van der Waals surface area contributed by atoms with E-state index >= 15 is 0 Å². The molecular weight excluding hydrogens is 270 g/mol. The second kappa shape index (κ2) is 5.38. The van der Waals surface area contributed by atoms with Gasteiger partial charge in [0.2, 0.25) is 0 Å². The molecule has 2 heteroatoms. The Morgan fingerprint density at radius 2 is 1.82 bits per heavy atom. The molecular formula is C20H19NO. The summed E-state index contributed by atoms with van der Waals surface area (Å²) < 4.78 is 0. The number of nitrogens with zero attached hydrogens (tertiary/aromatic N) is 1. The van der Waals surface area contributed by atoms with Crippen LogP contribution in [0.15, 0.2) is 54.7 Å². The van der Waals surface area contributed by atoms with Gasteiger partial charge in [-0.25, -0.2) is 0 Å². The summed E-state index contributed by atoms with van der Waals surface area (Å²) in [5.41, 5.74) is 5.08. The predicted octanol–water partition coefficient (Wildman–Crippen LogP) is 5.01. The van der Waals surface area contributed by atoms with Gasteiger partial charge in [0.25, 0.3) is 0 Å². The van der Waals surface area contributed by atoms with Crippen molar-refractivity contribution in [1.29, 1.82) is 0 Å². The Kier molecular flexibility index (Phi) is 3.53. The van der Waals surface area contributed by atoms with Crippen LogP contribution in [-0.2, 0) is 5.41 Å². The molecule has 3 aromatic rings. The van der Waals surface area contributed by atoms with Crippen molar-refractivity contribution in [2.75, 3.05) is 0 Å². The topological polar surface area (TPSA) is 30.0 Å². The van der Waals surface area contributed by atoms with E-state index in [1.54, 1.807) is 0 Å². The van der Waals surface area contributed by atoms with Gasteiger partial charge in [-0.1, -0.05) is 45.0 Å². The van der Waals surface area contributed by atoms with Crippen molar-refractivity contribution < 1.29 is 4.79 Å². The third-order valence-corrected chi connectivity index (χ3v) is 3.90. The fraction of sp³-hybridized carbons (Fsp3) is 0.200. The summed E-state index contributed by atoms with van der Waals surface area (Å²) in [7, 11) is 0. The lowest BCUT2D eigenvalue weighted by molar-refractivity contribution is 0.112. The van der Waals surface area contributed by atoms with Crippen molar-refractivity contribution in [2.45, 2.75) is 26.2 Å². The van der Waals surface area contributed by atoms with Gasteiger partial charge in [0.15, 0.2) is 0 Å². The molecule has 22 heavy (non-hydrogen) atoms. The van der Waals surface area contributed by atoms with E-state index in [4.69, 9.17) is 0 Å². The molecule has 0 amide bonds. The predicted molar refractivity (Wildman–Crippen MR) is 91.3 cm³/mol. The summed E-state index contributed by atoms with van der Waals surface area (Å²) in [6.07, 6.45) is 2.69. The standard InChI is InChI=1S/C20H19NO/c1-20(2,3)17-11-16-8-5-9-21-19(16)18(12-17)15-7-4-6-14(10-15)13-22/h4-13H,1-3H3. The molecule has 110 valence electrons. The number of hydrogen-bond acceptors (Lipinski definition) is 2. The van der Waals surface area contributed by atoms with E-state index in [9.17, 15) is 4.79 Å². The normalized spacial score (nSPS) is 11.6. The summed E-state index contributed by atoms with van der Waals surface area (Å²) in [5, 5.41) is 1.13. The molecule has 0 bridgehead atoms. The lowest BCUT2D eigenvalue weighted by Crippen LogP contribution is -2.11. The van der Waals surface area contributed by atoms with Crippen molar-refractivity contribution in [3.8, 4) is 11.1 Å². The fourth-order valence-corrected chi connectivity index (χ4v) is 2.62. The van der Waals surface area contributed by atoms with Crippen LogP contribution in [0.5, 0.6) is 0 Å². The molecule has 0 radical (unpaired) electrons. The van der Waals surface area contributed by atoms with Crippen molar-refractivity contribution >= 4 is 17.2 Å². The summed E-state index contributed by atoms with van der Waals surface area (Å²) in [5.74, 6) is 0. The van der Waals surface area contributed by atoms with Crippen LogP contribution in [0.4, 0.5) is 0 Å². The summed E-state index contributed by atoms with van der Waals surface area (Å²) in [6.45, 7) is 6.61. The zero-order valence-corrected chi connectivity index (χ0v) is 13.1. The number of benzene rings is 2. The number of carbonyl (C=O) groups is 1. The van der Waals surface area contributed by atoms with E-state index < -0.39 is 0 Å². The van der Waals surface area contributed by atoms with Crippen molar-refractivity contribution in [3.05, 3.63) is 65.9 Å². The number of fused-ring (bicyclic) bond motifs is 1. The smallest absolute Gasteiger partial charge is 0.150 e. The first kappa shape index (κ1) is 14.5. The molecule has 2 nitrogen and oxygen atoms in total. The van der Waals surface area contributed by atoms with Gasteiger partial charge in [0, 0.05) is 22.7 Å². The Balaban J connectivity index is 2.33. The minimum Gasteiger partial charge on any atom is -0.298 e. The molecule has 2 aromatic carbocycles. The van der Waals surface area contributed by atoms with Crippen LogP contribution in [0.25, 0.3) is 22.0 Å². The van der Waals surface area contributed by atoms with Crippen LogP contribution in [0.3, 0.4) is 0 Å². The molecule has 0 saturated carbocycles. The molecule has 0 aliphatic rings. The van der Waals surface area contributed by atoms with Crippen LogP contribution in [-0.4, -0.2) is 11.3 Å². The highest BCUT2D eigenvalue weighted by atomic mass is 16.1. The Labute approximate surface area is 130 Å². The van der Waals surface area contributed by atoms with E-state index in [0.717, 1.165) is 28.3 Å². The number of aromatic nitrogens is 1. The molecule has 0 spiro atoms. The molecule has 1 heterocycles. The van der Waals surface area contributed by atoms with E-state index in [2.05, 4.69) is 44.0 Å². The first-order valence-electron chi connectivity index (χ1n) is 7.44. The molecule has 1 aromatic heterocycles. The van der Waals surface area contributed by atoms with Gasteiger partial charge in [-0.15, -0.1) is 0 Å². The molecule has 0 saturated heterocycles. The van der Waals surface area contributed by atoms with E-state index in [0.29, 0.717) is 5.56 Å². The third-order valence-electron chi connectivity index (χ3n) is 3.90. The van der Waals surface area contributed by atoms with Gasteiger partial charge < -0.3 is 0 Å². The quantitative estimate of drug-likeness (QED) is 0.621. The van der Waals surface area contributed by atoms with Gasteiger partial charge >= 0.3 is 0 Å². The van der Waals surface area contributed by atoms with Crippen molar-refractivity contribution in [2.24, 2.45) is 0 Å². The molecule has 0 atom stereocenters. The summed E-state index contributed by atoms with van der Waals surface area (Å²) in [6, 6.07) is 16.1. The van der Waals surface area contributed by atoms with Crippen LogP contribution in [0.2, 0.25) is 0 Å². The largest absolute Gasteiger partial charge is 0.298 e. The van der Waals surface area contributed by atoms with Gasteiger partial charge in [-0.05, 0) is 40.8 Å². The lowest BCUT2D eigenvalue weighted by Gasteiger charge is -2.21. The molecule has 0 aliphatic carbocycles. The van der Waals surface area contributed by atoms with Crippen molar-refractivity contribution in [3.63, 3.8) is 0 Å². The molecule has 0 aliphatic heterocycles. The Hall–Kier alpha value is -2.48. The average Bonchev–Trinajstić information content (AvgIpc) is 2.53. The Bertz CT molecular complexity index is 844. The molecule has 0 N–H and O–H groups in total. The Morgan fingerprint density at radius 1 is 1.00 bits per heavy atom. The van der Waals surface area contributed by atoms with Gasteiger partial charge in [0.05, 0.1) is 5.52 Å². The third kappa shape index (κ3) is 2.64. The average molecular weight is 289 g/mol. The first-order chi connectivity index (χ1) is 10.5. The lowest BCUT2D eigenvalue weighted by atomic mass is 9.84. The zero-order valence-electron chi connectivity index (χ0n) is 13.1. The number of carbonyl (C=O) groups excluding carboxylic acids is 1. The van der Waals surface area contributed by atoms with Crippen LogP contribution < -0.4 is 0 Å². The van der Waals surface area contributed by atoms with Crippen molar-refractivity contribution in [1.82, 2.24) is 4.98 Å². The van der Waals surface area contributed by atoms with Gasteiger partial charge in [0.1, 0.15) is 6.29 Å². The second-order valence-electron chi connectivity index (χ2n) is 6.59.